The number of nitrogens with two attached hydrogens (primary N) is 1. The van der Waals surface area contributed by atoms with Crippen LogP contribution in [0.4, 0.5) is 0 Å². The third-order valence-electron chi connectivity index (χ3n) is 3.43. The van der Waals surface area contributed by atoms with Crippen LogP contribution in [0.5, 0.6) is 5.75 Å². The number of ether oxygens (including phenoxy) is 1. The number of hydrogen-bond donors (Lipinski definition) is 2. The SMILES string of the molecule is Cc1ccc(C)c(C(CCOc2ccccc2)NN)c1. The van der Waals surface area contributed by atoms with Crippen LogP contribution in [0.25, 0.3) is 0 Å². The zero-order valence-corrected chi connectivity index (χ0v) is 12.1. The molecule has 0 fully saturated rings. The Bertz CT molecular complexity index is 540. The predicted octanol–water partition coefficient (Wildman–Crippen LogP) is 3.28. The Morgan fingerprint density at radius 2 is 1.85 bits per heavy atom. The fraction of sp³-hybridized carbons (Fsp3) is 0.294. The van der Waals surface area contributed by atoms with E-state index in [4.69, 9.17) is 10.6 Å². The van der Waals surface area contributed by atoms with Crippen molar-refractivity contribution < 1.29 is 4.74 Å². The van der Waals surface area contributed by atoms with Gasteiger partial charge < -0.3 is 4.74 Å². The van der Waals surface area contributed by atoms with Crippen LogP contribution in [-0.2, 0) is 0 Å². The highest BCUT2D eigenvalue weighted by Crippen LogP contribution is 2.22. The normalized spacial score (nSPS) is 12.2. The van der Waals surface area contributed by atoms with Crippen molar-refractivity contribution in [3.63, 3.8) is 0 Å². The molecular weight excluding hydrogens is 248 g/mol. The Hall–Kier alpha value is -1.84. The maximum Gasteiger partial charge on any atom is 0.119 e. The lowest BCUT2D eigenvalue weighted by molar-refractivity contribution is 0.287. The fourth-order valence-corrected chi connectivity index (χ4v) is 2.28. The van der Waals surface area contributed by atoms with Gasteiger partial charge in [0.05, 0.1) is 6.61 Å². The molecule has 0 aromatic heterocycles. The van der Waals surface area contributed by atoms with Gasteiger partial charge >= 0.3 is 0 Å². The van der Waals surface area contributed by atoms with Crippen LogP contribution in [-0.4, -0.2) is 6.61 Å². The molecule has 2 aromatic carbocycles. The molecule has 0 aliphatic heterocycles. The Labute approximate surface area is 120 Å². The van der Waals surface area contributed by atoms with Crippen molar-refractivity contribution in [2.75, 3.05) is 6.61 Å². The monoisotopic (exact) mass is 270 g/mol. The molecule has 0 bridgehead atoms. The standard InChI is InChI=1S/C17H22N2O/c1-13-8-9-14(2)16(12-13)17(19-18)10-11-20-15-6-4-3-5-7-15/h3-9,12,17,19H,10-11,18H2,1-2H3. The molecule has 0 saturated carbocycles. The van der Waals surface area contributed by atoms with Gasteiger partial charge in [0.15, 0.2) is 0 Å². The van der Waals surface area contributed by atoms with Crippen LogP contribution in [0.2, 0.25) is 0 Å². The first-order valence-corrected chi connectivity index (χ1v) is 6.92. The number of nitrogens with one attached hydrogen (secondary N) is 1. The van der Waals surface area contributed by atoms with Crippen LogP contribution in [0, 0.1) is 13.8 Å². The Morgan fingerprint density at radius 3 is 2.55 bits per heavy atom. The summed E-state index contributed by atoms with van der Waals surface area (Å²) in [6.45, 7) is 4.83. The van der Waals surface area contributed by atoms with Gasteiger partial charge in [0, 0.05) is 12.5 Å². The van der Waals surface area contributed by atoms with Gasteiger partial charge in [-0.25, -0.2) is 0 Å². The highest BCUT2D eigenvalue weighted by atomic mass is 16.5. The minimum atomic E-state index is 0.110. The summed E-state index contributed by atoms with van der Waals surface area (Å²) >= 11 is 0. The largest absolute Gasteiger partial charge is 0.494 e. The van der Waals surface area contributed by atoms with Crippen LogP contribution >= 0.6 is 0 Å². The van der Waals surface area contributed by atoms with E-state index in [-0.39, 0.29) is 6.04 Å². The molecule has 1 atom stereocenters. The van der Waals surface area contributed by atoms with Crippen LogP contribution in [0.1, 0.15) is 29.2 Å². The molecule has 2 aromatic rings. The van der Waals surface area contributed by atoms with E-state index < -0.39 is 0 Å². The fourth-order valence-electron chi connectivity index (χ4n) is 2.28. The minimum absolute atomic E-state index is 0.110. The smallest absolute Gasteiger partial charge is 0.119 e. The van der Waals surface area contributed by atoms with Gasteiger partial charge in [-0.15, -0.1) is 0 Å². The van der Waals surface area contributed by atoms with Crippen molar-refractivity contribution in [1.82, 2.24) is 5.43 Å². The summed E-state index contributed by atoms with van der Waals surface area (Å²) in [5.41, 5.74) is 6.63. The minimum Gasteiger partial charge on any atom is -0.494 e. The van der Waals surface area contributed by atoms with Crippen LogP contribution < -0.4 is 16.0 Å². The van der Waals surface area contributed by atoms with E-state index in [1.54, 1.807) is 0 Å². The molecule has 1 unspecified atom stereocenters. The summed E-state index contributed by atoms with van der Waals surface area (Å²) in [6, 6.07) is 16.4. The first-order valence-electron chi connectivity index (χ1n) is 6.92. The molecule has 3 nitrogen and oxygen atoms in total. The number of rotatable bonds is 6. The highest BCUT2D eigenvalue weighted by molar-refractivity contribution is 5.33. The second-order valence-corrected chi connectivity index (χ2v) is 5.03. The van der Waals surface area contributed by atoms with E-state index in [0.717, 1.165) is 12.2 Å². The van der Waals surface area contributed by atoms with Gasteiger partial charge in [-0.2, -0.15) is 0 Å². The van der Waals surface area contributed by atoms with Gasteiger partial charge in [0.2, 0.25) is 0 Å². The molecule has 0 saturated heterocycles. The van der Waals surface area contributed by atoms with E-state index in [2.05, 4.69) is 37.5 Å². The molecule has 106 valence electrons. The third kappa shape index (κ3) is 3.83. The summed E-state index contributed by atoms with van der Waals surface area (Å²) in [5.74, 6) is 6.59. The van der Waals surface area contributed by atoms with Crippen molar-refractivity contribution >= 4 is 0 Å². The second-order valence-electron chi connectivity index (χ2n) is 5.03. The van der Waals surface area contributed by atoms with Gasteiger partial charge in [0.25, 0.3) is 0 Å². The van der Waals surface area contributed by atoms with Crippen molar-refractivity contribution in [3.05, 3.63) is 65.2 Å². The first-order chi connectivity index (χ1) is 9.70. The van der Waals surface area contributed by atoms with Crippen molar-refractivity contribution in [2.24, 2.45) is 5.84 Å². The lowest BCUT2D eigenvalue weighted by Gasteiger charge is -2.19. The number of aryl methyl sites for hydroxylation is 2. The zero-order valence-electron chi connectivity index (χ0n) is 12.1. The van der Waals surface area contributed by atoms with Crippen LogP contribution in [0.3, 0.4) is 0 Å². The number of hydrogen-bond acceptors (Lipinski definition) is 3. The van der Waals surface area contributed by atoms with Crippen molar-refractivity contribution in [2.45, 2.75) is 26.3 Å². The summed E-state index contributed by atoms with van der Waals surface area (Å²) in [7, 11) is 0. The maximum atomic E-state index is 5.73. The number of para-hydroxylation sites is 1. The average molecular weight is 270 g/mol. The lowest BCUT2D eigenvalue weighted by Crippen LogP contribution is -2.30. The number of hydrazine groups is 1. The number of benzene rings is 2. The van der Waals surface area contributed by atoms with Crippen molar-refractivity contribution in [1.29, 1.82) is 0 Å². The van der Waals surface area contributed by atoms with E-state index in [9.17, 15) is 0 Å². The Kier molecular flexibility index (Phi) is 5.16. The van der Waals surface area contributed by atoms with Gasteiger partial charge in [0.1, 0.15) is 5.75 Å². The summed E-state index contributed by atoms with van der Waals surface area (Å²) < 4.78 is 5.73. The summed E-state index contributed by atoms with van der Waals surface area (Å²) in [4.78, 5) is 0. The predicted molar refractivity (Wildman–Crippen MR) is 82.5 cm³/mol. The zero-order chi connectivity index (χ0) is 14.4. The van der Waals surface area contributed by atoms with Gasteiger partial charge in [-0.3, -0.25) is 11.3 Å². The molecule has 2 rings (SSSR count). The average Bonchev–Trinajstić information content (AvgIpc) is 2.48. The molecule has 0 spiro atoms. The molecule has 0 aliphatic carbocycles. The molecule has 0 aliphatic rings. The first kappa shape index (κ1) is 14.6. The summed E-state index contributed by atoms with van der Waals surface area (Å²) in [5, 5.41) is 0. The second kappa shape index (κ2) is 7.08. The third-order valence-corrected chi connectivity index (χ3v) is 3.43. The molecule has 20 heavy (non-hydrogen) atoms. The van der Waals surface area contributed by atoms with Gasteiger partial charge in [-0.1, -0.05) is 42.0 Å². The molecular formula is C17H22N2O. The van der Waals surface area contributed by atoms with Gasteiger partial charge in [-0.05, 0) is 37.1 Å². The van der Waals surface area contributed by atoms with E-state index in [1.165, 1.54) is 16.7 Å². The highest BCUT2D eigenvalue weighted by Gasteiger charge is 2.12. The van der Waals surface area contributed by atoms with E-state index in [0.29, 0.717) is 6.61 Å². The van der Waals surface area contributed by atoms with Crippen molar-refractivity contribution in [3.8, 4) is 5.75 Å². The quantitative estimate of drug-likeness (QED) is 0.625. The Morgan fingerprint density at radius 1 is 1.10 bits per heavy atom. The summed E-state index contributed by atoms with van der Waals surface area (Å²) in [6.07, 6.45) is 0.829. The van der Waals surface area contributed by atoms with E-state index in [1.807, 2.05) is 30.3 Å². The topological polar surface area (TPSA) is 47.3 Å². The molecule has 0 radical (unpaired) electrons. The molecule has 0 heterocycles. The molecule has 0 amide bonds. The maximum absolute atomic E-state index is 5.73. The van der Waals surface area contributed by atoms with E-state index >= 15 is 0 Å². The van der Waals surface area contributed by atoms with Crippen LogP contribution in [0.15, 0.2) is 48.5 Å². The lowest BCUT2D eigenvalue weighted by atomic mass is 9.97. The molecule has 3 heteroatoms. The molecule has 3 N–H and O–H groups in total. The Balaban J connectivity index is 1.97.